The first-order valence-electron chi connectivity index (χ1n) is 41.2. The fraction of sp³-hybridized carbons (Fsp3) is 0.373. The highest BCUT2D eigenvalue weighted by molar-refractivity contribution is 9.10. The summed E-state index contributed by atoms with van der Waals surface area (Å²) in [7, 11) is -0.916. The van der Waals surface area contributed by atoms with Gasteiger partial charge in [0.15, 0.2) is 0 Å². The summed E-state index contributed by atoms with van der Waals surface area (Å²) in [5.74, 6) is 0. The lowest BCUT2D eigenvalue weighted by Gasteiger charge is -2.36. The first-order chi connectivity index (χ1) is 52.5. The lowest BCUT2D eigenvalue weighted by molar-refractivity contribution is 0.00578. The first kappa shape index (κ1) is 77.9. The van der Waals surface area contributed by atoms with Gasteiger partial charge in [-0.15, -0.1) is 0 Å². The molecular formula is C102H112B2Br2O4. The van der Waals surface area contributed by atoms with Crippen molar-refractivity contribution in [2.45, 2.75) is 245 Å². The van der Waals surface area contributed by atoms with Crippen molar-refractivity contribution in [1.82, 2.24) is 0 Å². The molecular weight excluding hydrogens is 1470 g/mol. The highest BCUT2D eigenvalue weighted by Crippen LogP contribution is 2.63. The van der Waals surface area contributed by atoms with Gasteiger partial charge < -0.3 is 18.6 Å². The van der Waals surface area contributed by atoms with Gasteiger partial charge in [-0.2, -0.15) is 0 Å². The standard InChI is InChI=1S/C68H92B2O4.C34H20Br2/c1-17-19-21-23-25-27-41-67(42-28-26-24-22-20-18-2)57-43-51(69-71-63(9,10)64(11,12)72-69)37-39-53(57)55-46-60-56(45-58(55)67)54-40-38-52(70-73-65(13,14)66(15,16)74-70)44-59(54)68(60,49-33-29-47(30-34-49)61(3,4)5)50-35-31-48(32-36-50)62(6,7)8;35-23-16-18-30-31(19-23)33(27-13-5-9-21-7-1-3-11-25(21)27)29-17-15-24(36)20-32(29)34(30)28-14-6-10-22-8-2-4-12-26(22)28/h29-40,43-46H,17-28,41-42H2,1-16H3;1-20H. The molecule has 2 heterocycles. The van der Waals surface area contributed by atoms with Crippen molar-refractivity contribution in [3.05, 3.63) is 272 Å². The van der Waals surface area contributed by atoms with Crippen molar-refractivity contribution >= 4 is 100 Å². The molecule has 2 aliphatic carbocycles. The van der Waals surface area contributed by atoms with Gasteiger partial charge in [0.1, 0.15) is 0 Å². The summed E-state index contributed by atoms with van der Waals surface area (Å²) in [4.78, 5) is 0. The molecule has 0 saturated carbocycles. The second-order valence-corrected chi connectivity index (χ2v) is 38.3. The van der Waals surface area contributed by atoms with Crippen molar-refractivity contribution < 1.29 is 18.6 Å². The van der Waals surface area contributed by atoms with Crippen LogP contribution in [0.5, 0.6) is 0 Å². The largest absolute Gasteiger partial charge is 0.494 e. The summed E-state index contributed by atoms with van der Waals surface area (Å²) in [6.07, 6.45) is 17.5. The van der Waals surface area contributed by atoms with Crippen LogP contribution in [0.4, 0.5) is 0 Å². The molecule has 0 spiro atoms. The van der Waals surface area contributed by atoms with E-state index in [1.165, 1.54) is 209 Å². The van der Waals surface area contributed by atoms with Crippen molar-refractivity contribution in [3.8, 4) is 44.5 Å². The van der Waals surface area contributed by atoms with Crippen molar-refractivity contribution in [2.24, 2.45) is 0 Å². The third-order valence-electron chi connectivity index (χ3n) is 26.2. The van der Waals surface area contributed by atoms with E-state index >= 15 is 0 Å². The summed E-state index contributed by atoms with van der Waals surface area (Å²) in [5.41, 5.74) is 20.9. The minimum absolute atomic E-state index is 0.00820. The molecule has 12 aromatic carbocycles. The van der Waals surface area contributed by atoms with Gasteiger partial charge in [0.05, 0.1) is 27.8 Å². The molecule has 0 aromatic heterocycles. The molecule has 4 nitrogen and oxygen atoms in total. The summed E-state index contributed by atoms with van der Waals surface area (Å²) >= 11 is 7.56. The second-order valence-electron chi connectivity index (χ2n) is 36.4. The molecule has 2 saturated heterocycles. The molecule has 564 valence electrons. The Labute approximate surface area is 674 Å². The van der Waals surface area contributed by atoms with E-state index in [-0.39, 0.29) is 16.2 Å². The highest BCUT2D eigenvalue weighted by atomic mass is 79.9. The quantitative estimate of drug-likeness (QED) is 0.0433. The maximum atomic E-state index is 6.87. The Morgan fingerprint density at radius 2 is 0.664 bits per heavy atom. The van der Waals surface area contributed by atoms with Crippen molar-refractivity contribution in [2.75, 3.05) is 0 Å². The van der Waals surface area contributed by atoms with Gasteiger partial charge in [0.2, 0.25) is 0 Å². The number of hydrogen-bond acceptors (Lipinski definition) is 4. The van der Waals surface area contributed by atoms with Crippen LogP contribution in [0, 0.1) is 0 Å². The molecule has 2 aliphatic heterocycles. The minimum atomic E-state index is -0.640. The molecule has 0 unspecified atom stereocenters. The maximum Gasteiger partial charge on any atom is 0.494 e. The number of fused-ring (bicyclic) bond motifs is 10. The predicted octanol–water partition coefficient (Wildman–Crippen LogP) is 28.2. The maximum absolute atomic E-state index is 6.87. The summed E-state index contributed by atoms with van der Waals surface area (Å²) in [6, 6.07) is 83.2. The average Bonchev–Trinajstić information content (AvgIpc) is 1.50. The Hall–Kier alpha value is -7.39. The van der Waals surface area contributed by atoms with E-state index in [4.69, 9.17) is 18.6 Å². The fourth-order valence-corrected chi connectivity index (χ4v) is 19.3. The van der Waals surface area contributed by atoms with Crippen LogP contribution in [0.1, 0.15) is 245 Å². The predicted molar refractivity (Wildman–Crippen MR) is 478 cm³/mol. The summed E-state index contributed by atoms with van der Waals surface area (Å²) in [5, 5.41) is 10.0. The smallest absolute Gasteiger partial charge is 0.399 e. The first-order valence-corrected chi connectivity index (χ1v) is 42.8. The van der Waals surface area contributed by atoms with E-state index in [9.17, 15) is 0 Å². The topological polar surface area (TPSA) is 36.9 Å². The van der Waals surface area contributed by atoms with Gasteiger partial charge in [-0.05, 0) is 258 Å². The van der Waals surface area contributed by atoms with Gasteiger partial charge in [0, 0.05) is 14.4 Å². The Bertz CT molecular complexity index is 5180. The van der Waals surface area contributed by atoms with Gasteiger partial charge in [-0.1, -0.05) is 346 Å². The van der Waals surface area contributed by atoms with Crippen LogP contribution in [0.3, 0.4) is 0 Å². The minimum Gasteiger partial charge on any atom is -0.399 e. The van der Waals surface area contributed by atoms with Crippen molar-refractivity contribution in [1.29, 1.82) is 0 Å². The van der Waals surface area contributed by atoms with Gasteiger partial charge in [0.25, 0.3) is 0 Å². The molecule has 0 amide bonds. The lowest BCUT2D eigenvalue weighted by atomic mass is 9.65. The summed E-state index contributed by atoms with van der Waals surface area (Å²) in [6.45, 7) is 35.9. The molecule has 12 aromatic rings. The van der Waals surface area contributed by atoms with Crippen LogP contribution < -0.4 is 10.9 Å². The Kier molecular flexibility index (Phi) is 21.4. The van der Waals surface area contributed by atoms with Crippen molar-refractivity contribution in [3.63, 3.8) is 0 Å². The Balaban J connectivity index is 0.000000221. The average molecular weight is 1580 g/mol. The fourth-order valence-electron chi connectivity index (χ4n) is 18.5. The molecule has 110 heavy (non-hydrogen) atoms. The Morgan fingerprint density at radius 3 is 1.09 bits per heavy atom. The summed E-state index contributed by atoms with van der Waals surface area (Å²) < 4.78 is 29.6. The lowest BCUT2D eigenvalue weighted by Crippen LogP contribution is -2.41. The molecule has 0 N–H and O–H groups in total. The third kappa shape index (κ3) is 14.0. The molecule has 8 heteroatoms. The highest BCUT2D eigenvalue weighted by Gasteiger charge is 2.56. The third-order valence-corrected chi connectivity index (χ3v) is 27.1. The van der Waals surface area contributed by atoms with E-state index in [0.29, 0.717) is 0 Å². The van der Waals surface area contributed by atoms with E-state index in [0.717, 1.165) is 32.7 Å². The van der Waals surface area contributed by atoms with Crippen LogP contribution in [-0.4, -0.2) is 36.6 Å². The normalized spacial score (nSPS) is 16.9. The number of hydrogen-bond donors (Lipinski definition) is 0. The SMILES string of the molecule is Brc1ccc2c(-c3cccc4ccccc34)c3cc(Br)ccc3c(-c3cccc4ccccc34)c2c1.CCCCCCCCC1(CCCCCCCC)c2cc(B3OC(C)(C)C(C)(C)O3)ccc2-c2cc3c(cc21)-c1ccc(B2OC(C)(C)C(C)(C)O2)cc1C3(c1ccc(C(C)(C)C)cc1)c1ccc(C(C)(C)C)cc1. The van der Waals surface area contributed by atoms with E-state index in [2.05, 4.69) is 361 Å². The molecule has 0 bridgehead atoms. The van der Waals surface area contributed by atoms with Crippen LogP contribution >= 0.6 is 31.9 Å². The number of rotatable bonds is 20. The van der Waals surface area contributed by atoms with Crippen LogP contribution in [0.25, 0.3) is 87.6 Å². The number of halogens is 2. The van der Waals surface area contributed by atoms with Gasteiger partial charge in [-0.3, -0.25) is 0 Å². The zero-order valence-electron chi connectivity index (χ0n) is 68.2. The zero-order valence-corrected chi connectivity index (χ0v) is 71.4. The van der Waals surface area contributed by atoms with Crippen LogP contribution in [-0.2, 0) is 40.3 Å². The van der Waals surface area contributed by atoms with E-state index < -0.39 is 42.1 Å². The van der Waals surface area contributed by atoms with Gasteiger partial charge >= 0.3 is 14.2 Å². The molecule has 4 aliphatic rings. The van der Waals surface area contributed by atoms with E-state index in [1.807, 2.05) is 0 Å². The van der Waals surface area contributed by atoms with Crippen LogP contribution in [0.2, 0.25) is 0 Å². The number of unbranched alkanes of at least 4 members (excludes halogenated alkanes) is 10. The van der Waals surface area contributed by atoms with Crippen LogP contribution in [0.15, 0.2) is 227 Å². The monoisotopic (exact) mass is 1580 g/mol. The van der Waals surface area contributed by atoms with Gasteiger partial charge in [-0.25, -0.2) is 0 Å². The Morgan fingerprint density at radius 1 is 0.309 bits per heavy atom. The second kappa shape index (κ2) is 30.2. The zero-order chi connectivity index (χ0) is 77.5. The van der Waals surface area contributed by atoms with E-state index in [1.54, 1.807) is 0 Å². The molecule has 0 radical (unpaired) electrons. The molecule has 16 rings (SSSR count). The molecule has 0 atom stereocenters. The number of benzene rings is 12. The molecule has 2 fully saturated rings.